The Kier molecular flexibility index (Phi) is 8.19. The Morgan fingerprint density at radius 1 is 1.00 bits per heavy atom. The second kappa shape index (κ2) is 11.7. The lowest BCUT2D eigenvalue weighted by Crippen LogP contribution is -2.85. The molecule has 1 aromatic heterocycles. The molecule has 35 heavy (non-hydrogen) atoms. The monoisotopic (exact) mass is 473 g/mol. The van der Waals surface area contributed by atoms with Crippen LogP contribution in [0.4, 0.5) is 0 Å². The van der Waals surface area contributed by atoms with Crippen LogP contribution in [0.2, 0.25) is 0 Å². The maximum Gasteiger partial charge on any atom is 0.340 e. The van der Waals surface area contributed by atoms with Crippen molar-refractivity contribution in [1.82, 2.24) is 4.57 Å². The summed E-state index contributed by atoms with van der Waals surface area (Å²) in [6, 6.07) is 26.0. The standard InChI is InChI=1S/C29H32N2O4/c1-3-34-29(33)28-21(2)31(19-23-12-8-5-9-13-23)27-15-14-25(16-26(27)28)35-20-24(32)18-30-17-22-10-6-4-7-11-22/h4-16,24,30,32H,3,17-20H2,1-2H3/p+1/t24-/m1/s1. The van der Waals surface area contributed by atoms with E-state index < -0.39 is 6.10 Å². The number of rotatable bonds is 11. The number of carbonyl (C=O) groups excluding carboxylic acids is 1. The molecule has 4 aromatic rings. The fourth-order valence-electron chi connectivity index (χ4n) is 4.30. The fraction of sp³-hybridized carbons (Fsp3) is 0.276. The van der Waals surface area contributed by atoms with E-state index in [1.54, 1.807) is 6.92 Å². The van der Waals surface area contributed by atoms with E-state index in [2.05, 4.69) is 34.1 Å². The van der Waals surface area contributed by atoms with Crippen molar-refractivity contribution in [3.05, 3.63) is 101 Å². The Labute approximate surface area is 206 Å². The van der Waals surface area contributed by atoms with E-state index >= 15 is 0 Å². The van der Waals surface area contributed by atoms with Crippen LogP contribution in [0.25, 0.3) is 10.9 Å². The number of nitrogens with two attached hydrogens (primary N) is 1. The molecule has 0 aliphatic heterocycles. The van der Waals surface area contributed by atoms with E-state index in [1.165, 1.54) is 5.56 Å². The summed E-state index contributed by atoms with van der Waals surface area (Å²) in [6.45, 7) is 6.24. The van der Waals surface area contributed by atoms with Gasteiger partial charge in [-0.05, 0) is 37.6 Å². The summed E-state index contributed by atoms with van der Waals surface area (Å²) in [5.41, 5.74) is 4.72. The van der Waals surface area contributed by atoms with Crippen LogP contribution in [0.5, 0.6) is 5.75 Å². The molecule has 4 rings (SSSR count). The first kappa shape index (κ1) is 24.5. The van der Waals surface area contributed by atoms with Gasteiger partial charge < -0.3 is 24.5 Å². The number of quaternary nitrogens is 1. The molecular formula is C29H33N2O4+. The Morgan fingerprint density at radius 3 is 2.37 bits per heavy atom. The third-order valence-corrected chi connectivity index (χ3v) is 6.06. The van der Waals surface area contributed by atoms with Gasteiger partial charge in [0.05, 0.1) is 12.2 Å². The number of benzene rings is 3. The van der Waals surface area contributed by atoms with Gasteiger partial charge in [-0.15, -0.1) is 0 Å². The van der Waals surface area contributed by atoms with Crippen LogP contribution in [-0.2, 0) is 17.8 Å². The van der Waals surface area contributed by atoms with Crippen LogP contribution in [0.15, 0.2) is 78.9 Å². The fourth-order valence-corrected chi connectivity index (χ4v) is 4.30. The van der Waals surface area contributed by atoms with Crippen molar-refractivity contribution in [2.45, 2.75) is 33.0 Å². The zero-order valence-electron chi connectivity index (χ0n) is 20.3. The van der Waals surface area contributed by atoms with E-state index in [9.17, 15) is 9.90 Å². The zero-order chi connectivity index (χ0) is 24.6. The zero-order valence-corrected chi connectivity index (χ0v) is 20.3. The average Bonchev–Trinajstić information content (AvgIpc) is 3.14. The lowest BCUT2D eigenvalue weighted by molar-refractivity contribution is -0.676. The molecule has 182 valence electrons. The molecule has 6 heteroatoms. The molecular weight excluding hydrogens is 440 g/mol. The third-order valence-electron chi connectivity index (χ3n) is 6.06. The maximum absolute atomic E-state index is 12.8. The molecule has 0 saturated carbocycles. The molecule has 3 N–H and O–H groups in total. The summed E-state index contributed by atoms with van der Waals surface area (Å²) >= 11 is 0. The number of esters is 1. The third kappa shape index (κ3) is 6.10. The van der Waals surface area contributed by atoms with Gasteiger partial charge in [0.25, 0.3) is 0 Å². The molecule has 0 spiro atoms. The number of aromatic nitrogens is 1. The summed E-state index contributed by atoms with van der Waals surface area (Å²) < 4.78 is 13.4. The molecule has 6 nitrogen and oxygen atoms in total. The molecule has 0 bridgehead atoms. The van der Waals surface area contributed by atoms with Crippen LogP contribution < -0.4 is 10.1 Å². The van der Waals surface area contributed by atoms with Gasteiger partial charge in [-0.2, -0.15) is 0 Å². The highest BCUT2D eigenvalue weighted by atomic mass is 16.5. The molecule has 0 aliphatic rings. The minimum absolute atomic E-state index is 0.176. The number of hydrogen-bond donors (Lipinski definition) is 2. The van der Waals surface area contributed by atoms with Gasteiger partial charge in [-0.1, -0.05) is 60.7 Å². The molecule has 0 radical (unpaired) electrons. The van der Waals surface area contributed by atoms with Gasteiger partial charge in [-0.3, -0.25) is 0 Å². The Balaban J connectivity index is 1.49. The van der Waals surface area contributed by atoms with Crippen molar-refractivity contribution >= 4 is 16.9 Å². The first-order chi connectivity index (χ1) is 17.1. The lowest BCUT2D eigenvalue weighted by atomic mass is 10.1. The molecule has 0 amide bonds. The summed E-state index contributed by atoms with van der Waals surface area (Å²) in [5.74, 6) is 0.275. The van der Waals surface area contributed by atoms with Gasteiger partial charge in [0, 0.05) is 28.7 Å². The smallest absolute Gasteiger partial charge is 0.340 e. The van der Waals surface area contributed by atoms with Gasteiger partial charge in [0.2, 0.25) is 0 Å². The van der Waals surface area contributed by atoms with Crippen LogP contribution in [0.1, 0.15) is 34.1 Å². The van der Waals surface area contributed by atoms with Gasteiger partial charge in [-0.25, -0.2) is 4.79 Å². The van der Waals surface area contributed by atoms with Crippen molar-refractivity contribution in [3.63, 3.8) is 0 Å². The predicted molar refractivity (Wildman–Crippen MR) is 137 cm³/mol. The van der Waals surface area contributed by atoms with E-state index in [0.29, 0.717) is 31.0 Å². The molecule has 0 aliphatic carbocycles. The highest BCUT2D eigenvalue weighted by Gasteiger charge is 2.22. The number of nitrogens with zero attached hydrogens (tertiary/aromatic N) is 1. The molecule has 0 saturated heterocycles. The minimum atomic E-state index is -0.608. The Morgan fingerprint density at radius 2 is 1.69 bits per heavy atom. The topological polar surface area (TPSA) is 77.3 Å². The van der Waals surface area contributed by atoms with Crippen LogP contribution in [0.3, 0.4) is 0 Å². The van der Waals surface area contributed by atoms with Crippen molar-refractivity contribution in [3.8, 4) is 5.75 Å². The molecule has 0 fully saturated rings. The predicted octanol–water partition coefficient (Wildman–Crippen LogP) is 3.68. The largest absolute Gasteiger partial charge is 0.491 e. The van der Waals surface area contributed by atoms with Crippen molar-refractivity contribution in [2.24, 2.45) is 0 Å². The summed E-state index contributed by atoms with van der Waals surface area (Å²) in [7, 11) is 0. The van der Waals surface area contributed by atoms with E-state index in [-0.39, 0.29) is 12.6 Å². The van der Waals surface area contributed by atoms with E-state index in [0.717, 1.165) is 28.7 Å². The Bertz CT molecular complexity index is 1250. The number of ether oxygens (including phenoxy) is 2. The minimum Gasteiger partial charge on any atom is -0.491 e. The van der Waals surface area contributed by atoms with Gasteiger partial charge >= 0.3 is 5.97 Å². The van der Waals surface area contributed by atoms with Crippen molar-refractivity contribution in [1.29, 1.82) is 0 Å². The molecule has 1 atom stereocenters. The number of aliphatic hydroxyl groups is 1. The number of aliphatic hydroxyl groups excluding tert-OH is 1. The summed E-state index contributed by atoms with van der Waals surface area (Å²) in [5, 5.41) is 13.3. The first-order valence-corrected chi connectivity index (χ1v) is 12.1. The normalized spacial score (nSPS) is 12.0. The molecule has 3 aromatic carbocycles. The lowest BCUT2D eigenvalue weighted by Gasteiger charge is -2.12. The Hall–Kier alpha value is -3.61. The van der Waals surface area contributed by atoms with Gasteiger partial charge in [0.1, 0.15) is 31.5 Å². The first-order valence-electron chi connectivity index (χ1n) is 12.1. The van der Waals surface area contributed by atoms with Crippen molar-refractivity contribution in [2.75, 3.05) is 19.8 Å². The van der Waals surface area contributed by atoms with E-state index in [4.69, 9.17) is 9.47 Å². The highest BCUT2D eigenvalue weighted by molar-refractivity contribution is 6.06. The molecule has 1 heterocycles. The number of hydrogen-bond acceptors (Lipinski definition) is 4. The summed E-state index contributed by atoms with van der Waals surface area (Å²) in [6.07, 6.45) is -0.608. The molecule has 0 unspecified atom stereocenters. The number of fused-ring (bicyclic) bond motifs is 1. The summed E-state index contributed by atoms with van der Waals surface area (Å²) in [4.78, 5) is 12.8. The number of carbonyl (C=O) groups is 1. The van der Waals surface area contributed by atoms with Crippen LogP contribution in [0, 0.1) is 6.92 Å². The SMILES string of the molecule is CCOC(=O)c1c(C)n(Cc2ccccc2)c2ccc(OC[C@H](O)C[NH2+]Cc3ccccc3)cc12. The van der Waals surface area contributed by atoms with Crippen LogP contribution >= 0.6 is 0 Å². The van der Waals surface area contributed by atoms with E-state index in [1.807, 2.05) is 61.5 Å². The highest BCUT2D eigenvalue weighted by Crippen LogP contribution is 2.31. The quantitative estimate of drug-likeness (QED) is 0.326. The van der Waals surface area contributed by atoms with Crippen molar-refractivity contribution < 1.29 is 24.7 Å². The second-order valence-electron chi connectivity index (χ2n) is 8.61. The second-order valence-corrected chi connectivity index (χ2v) is 8.61. The van der Waals surface area contributed by atoms with Gasteiger partial charge in [0.15, 0.2) is 0 Å². The average molecular weight is 474 g/mol. The van der Waals surface area contributed by atoms with Crippen LogP contribution in [-0.4, -0.2) is 41.5 Å². The maximum atomic E-state index is 12.8.